The van der Waals surface area contributed by atoms with Crippen molar-refractivity contribution in [3.05, 3.63) is 53.1 Å². The Hall–Kier alpha value is -4.22. The number of aliphatic hydroxyl groups excluding tert-OH is 1. The molecular formula is C35H46O11. The maximum atomic E-state index is 11.3. The first kappa shape index (κ1) is 34.6. The van der Waals surface area contributed by atoms with Crippen molar-refractivity contribution in [1.82, 2.24) is 0 Å². The van der Waals surface area contributed by atoms with Gasteiger partial charge in [0.25, 0.3) is 0 Å². The fourth-order valence-corrected chi connectivity index (χ4v) is 5.96. The van der Waals surface area contributed by atoms with E-state index in [0.717, 1.165) is 11.1 Å². The van der Waals surface area contributed by atoms with Crippen LogP contribution in [0, 0.1) is 11.8 Å². The Bertz CT molecular complexity index is 1410. The van der Waals surface area contributed by atoms with Crippen LogP contribution in [0.4, 0.5) is 0 Å². The molecule has 11 heteroatoms. The standard InChI is InChI=1S/C35H46O11/c1-18-19(2)32(46-31(18)22-14-26(39-6)34(44-11)27(15-22)40-7)23-16-28(41-8)35(29(17-23)42-9)45-20(3)30(36)21-12-24(37-4)33(43-10)25(13-21)38-5/h12-20,30-32,36H,1-11H3/t18-,19-,20+,30+,31+,32-/m1/s1. The van der Waals surface area contributed by atoms with Crippen molar-refractivity contribution < 1.29 is 52.5 Å². The van der Waals surface area contributed by atoms with E-state index < -0.39 is 12.2 Å². The van der Waals surface area contributed by atoms with E-state index in [1.807, 2.05) is 24.3 Å². The topological polar surface area (TPSA) is 113 Å². The summed E-state index contributed by atoms with van der Waals surface area (Å²) < 4.78 is 57.7. The Labute approximate surface area is 271 Å². The molecule has 6 atom stereocenters. The van der Waals surface area contributed by atoms with Crippen LogP contribution in [-0.4, -0.2) is 68.1 Å². The van der Waals surface area contributed by atoms with Gasteiger partial charge in [-0.3, -0.25) is 0 Å². The molecule has 0 aromatic heterocycles. The highest BCUT2D eigenvalue weighted by molar-refractivity contribution is 5.57. The fourth-order valence-electron chi connectivity index (χ4n) is 5.96. The van der Waals surface area contributed by atoms with Crippen molar-refractivity contribution in [1.29, 1.82) is 0 Å². The van der Waals surface area contributed by atoms with Crippen molar-refractivity contribution in [2.75, 3.05) is 56.9 Å². The minimum absolute atomic E-state index is 0.131. The number of ether oxygens (including phenoxy) is 10. The van der Waals surface area contributed by atoms with Gasteiger partial charge >= 0.3 is 0 Å². The second-order valence-electron chi connectivity index (χ2n) is 11.1. The molecule has 0 radical (unpaired) electrons. The molecule has 46 heavy (non-hydrogen) atoms. The second kappa shape index (κ2) is 14.9. The Morgan fingerprint density at radius 2 is 0.848 bits per heavy atom. The summed E-state index contributed by atoms with van der Waals surface area (Å²) in [5, 5.41) is 11.3. The summed E-state index contributed by atoms with van der Waals surface area (Å²) in [6.45, 7) is 6.08. The summed E-state index contributed by atoms with van der Waals surface area (Å²) in [5.74, 6) is 4.45. The van der Waals surface area contributed by atoms with Gasteiger partial charge in [-0.1, -0.05) is 13.8 Å². The lowest BCUT2D eigenvalue weighted by Crippen LogP contribution is -2.22. The lowest BCUT2D eigenvalue weighted by molar-refractivity contribution is 0.0280. The van der Waals surface area contributed by atoms with Gasteiger partial charge in [0.15, 0.2) is 34.5 Å². The lowest BCUT2D eigenvalue weighted by Gasteiger charge is -2.26. The van der Waals surface area contributed by atoms with Gasteiger partial charge in [-0.05, 0) is 71.8 Å². The summed E-state index contributed by atoms with van der Waals surface area (Å²) in [7, 11) is 12.5. The Kier molecular flexibility index (Phi) is 11.2. The predicted octanol–water partition coefficient (Wildman–Crippen LogP) is 6.34. The van der Waals surface area contributed by atoms with Crippen LogP contribution in [0.15, 0.2) is 36.4 Å². The fraction of sp³-hybridized carbons (Fsp3) is 0.486. The average Bonchev–Trinajstić information content (AvgIpc) is 3.39. The first-order valence-electron chi connectivity index (χ1n) is 15.0. The molecular weight excluding hydrogens is 596 g/mol. The quantitative estimate of drug-likeness (QED) is 0.213. The van der Waals surface area contributed by atoms with Gasteiger partial charge in [-0.15, -0.1) is 0 Å². The van der Waals surface area contributed by atoms with Gasteiger partial charge < -0.3 is 52.5 Å². The molecule has 252 valence electrons. The van der Waals surface area contributed by atoms with Crippen LogP contribution in [0.3, 0.4) is 0 Å². The summed E-state index contributed by atoms with van der Waals surface area (Å²) in [4.78, 5) is 0. The van der Waals surface area contributed by atoms with Crippen molar-refractivity contribution in [2.24, 2.45) is 11.8 Å². The molecule has 0 saturated carbocycles. The molecule has 3 aromatic carbocycles. The summed E-state index contributed by atoms with van der Waals surface area (Å²) in [6, 6.07) is 11.0. The molecule has 1 aliphatic rings. The van der Waals surface area contributed by atoms with Crippen LogP contribution in [0.1, 0.15) is 55.8 Å². The van der Waals surface area contributed by atoms with Gasteiger partial charge in [0.2, 0.25) is 17.2 Å². The molecule has 1 heterocycles. The zero-order valence-electron chi connectivity index (χ0n) is 28.5. The van der Waals surface area contributed by atoms with Crippen molar-refractivity contribution in [3.63, 3.8) is 0 Å². The third-order valence-electron chi connectivity index (χ3n) is 8.68. The van der Waals surface area contributed by atoms with E-state index >= 15 is 0 Å². The molecule has 1 saturated heterocycles. The summed E-state index contributed by atoms with van der Waals surface area (Å²) in [5.41, 5.74) is 2.31. The van der Waals surface area contributed by atoms with E-state index in [1.54, 1.807) is 54.6 Å². The van der Waals surface area contributed by atoms with E-state index in [4.69, 9.17) is 47.4 Å². The van der Waals surface area contributed by atoms with Crippen LogP contribution in [0.2, 0.25) is 0 Å². The predicted molar refractivity (Wildman–Crippen MR) is 172 cm³/mol. The molecule has 0 amide bonds. The van der Waals surface area contributed by atoms with Gasteiger partial charge in [-0.25, -0.2) is 0 Å². The van der Waals surface area contributed by atoms with E-state index in [2.05, 4.69) is 13.8 Å². The van der Waals surface area contributed by atoms with E-state index in [0.29, 0.717) is 57.3 Å². The minimum atomic E-state index is -1.05. The maximum absolute atomic E-state index is 11.3. The molecule has 0 spiro atoms. The average molecular weight is 643 g/mol. The van der Waals surface area contributed by atoms with Crippen molar-refractivity contribution in [2.45, 2.75) is 45.2 Å². The van der Waals surface area contributed by atoms with Crippen LogP contribution < -0.4 is 42.6 Å². The van der Waals surface area contributed by atoms with Crippen LogP contribution in [0.25, 0.3) is 0 Å². The molecule has 0 unspecified atom stereocenters. The highest BCUT2D eigenvalue weighted by Crippen LogP contribution is 2.53. The number of hydrogen-bond donors (Lipinski definition) is 1. The monoisotopic (exact) mass is 642 g/mol. The number of aliphatic hydroxyl groups is 1. The molecule has 1 aliphatic heterocycles. The molecule has 1 N–H and O–H groups in total. The first-order chi connectivity index (χ1) is 22.1. The van der Waals surface area contributed by atoms with Gasteiger partial charge in [0.05, 0.1) is 69.1 Å². The Balaban J connectivity index is 1.64. The molecule has 4 rings (SSSR count). The zero-order chi connectivity index (χ0) is 33.7. The van der Waals surface area contributed by atoms with Crippen LogP contribution >= 0.6 is 0 Å². The smallest absolute Gasteiger partial charge is 0.203 e. The first-order valence-corrected chi connectivity index (χ1v) is 15.0. The van der Waals surface area contributed by atoms with Crippen LogP contribution in [-0.2, 0) is 4.74 Å². The summed E-state index contributed by atoms with van der Waals surface area (Å²) >= 11 is 0. The number of rotatable bonds is 14. The van der Waals surface area contributed by atoms with Crippen LogP contribution in [0.5, 0.6) is 51.7 Å². The number of benzene rings is 3. The van der Waals surface area contributed by atoms with Gasteiger partial charge in [-0.2, -0.15) is 0 Å². The van der Waals surface area contributed by atoms with E-state index in [1.165, 1.54) is 21.3 Å². The van der Waals surface area contributed by atoms with Crippen molar-refractivity contribution in [3.8, 4) is 51.7 Å². The molecule has 3 aromatic rings. The van der Waals surface area contributed by atoms with E-state index in [-0.39, 0.29) is 24.0 Å². The highest BCUT2D eigenvalue weighted by atomic mass is 16.6. The third-order valence-corrected chi connectivity index (χ3v) is 8.68. The SMILES string of the molecule is COc1cc([C@@H](O)[C@H](C)Oc2c(OC)cc([C@@H]3O[C@H](c4cc(OC)c(OC)c(OC)c4)[C@H](C)[C@H]3C)cc2OC)cc(OC)c1OC. The molecule has 0 aliphatic carbocycles. The largest absolute Gasteiger partial charge is 0.493 e. The number of methoxy groups -OCH3 is 8. The third kappa shape index (κ3) is 6.52. The summed E-state index contributed by atoms with van der Waals surface area (Å²) in [6.07, 6.45) is -2.29. The van der Waals surface area contributed by atoms with Gasteiger partial charge in [0, 0.05) is 0 Å². The maximum Gasteiger partial charge on any atom is 0.203 e. The zero-order valence-corrected chi connectivity index (χ0v) is 28.5. The Morgan fingerprint density at radius 1 is 0.522 bits per heavy atom. The van der Waals surface area contributed by atoms with Gasteiger partial charge in [0.1, 0.15) is 12.2 Å². The number of hydrogen-bond acceptors (Lipinski definition) is 11. The van der Waals surface area contributed by atoms with Crippen molar-refractivity contribution >= 4 is 0 Å². The molecule has 1 fully saturated rings. The second-order valence-corrected chi connectivity index (χ2v) is 11.1. The molecule has 0 bridgehead atoms. The molecule has 11 nitrogen and oxygen atoms in total. The lowest BCUT2D eigenvalue weighted by atomic mass is 9.85. The Morgan fingerprint density at radius 3 is 1.17 bits per heavy atom. The minimum Gasteiger partial charge on any atom is -0.493 e. The van der Waals surface area contributed by atoms with E-state index in [9.17, 15) is 5.11 Å². The normalized spacial score (nSPS) is 20.3. The highest BCUT2D eigenvalue weighted by Gasteiger charge is 2.42.